The standard InChI is InChI=1S/C35H59NO3/c1-3-5-7-9-10-11-12-13-14-15-16-17-18-19-20-21-22-23-24-25-26-27-29-31-35(39)36-33(32-37)34(38)30-28-8-6-4-2/h5,7,10-11,13-14,16-17,19-20,22-23,33-34,37-38H,3-4,6,8-9,12,15,18,21,24-32H2,1-2H3,(H,36,39)/b7-5-,11-10-,14-13-,17-16-,20-19-,23-22-. The van der Waals surface area contributed by atoms with Gasteiger partial charge in [0, 0.05) is 6.42 Å². The van der Waals surface area contributed by atoms with Crippen LogP contribution in [-0.2, 0) is 4.79 Å². The highest BCUT2D eigenvalue weighted by Gasteiger charge is 2.19. The molecular formula is C35H59NO3. The van der Waals surface area contributed by atoms with Crippen molar-refractivity contribution in [1.82, 2.24) is 5.32 Å². The maximum atomic E-state index is 12.1. The first kappa shape index (κ1) is 36.8. The molecule has 0 spiro atoms. The number of hydrogen-bond acceptors (Lipinski definition) is 3. The highest BCUT2D eigenvalue weighted by atomic mass is 16.3. The smallest absolute Gasteiger partial charge is 0.220 e. The molecule has 2 unspecified atom stereocenters. The molecule has 0 aliphatic rings. The third-order valence-corrected chi connectivity index (χ3v) is 6.48. The Balaban J connectivity index is 3.67. The number of carbonyl (C=O) groups excluding carboxylic acids is 1. The van der Waals surface area contributed by atoms with Gasteiger partial charge in [-0.15, -0.1) is 0 Å². The fourth-order valence-electron chi connectivity index (χ4n) is 4.06. The summed E-state index contributed by atoms with van der Waals surface area (Å²) < 4.78 is 0. The summed E-state index contributed by atoms with van der Waals surface area (Å²) in [4.78, 5) is 12.1. The molecule has 222 valence electrons. The van der Waals surface area contributed by atoms with Crippen molar-refractivity contribution in [2.45, 2.75) is 135 Å². The van der Waals surface area contributed by atoms with Gasteiger partial charge in [0.2, 0.25) is 5.91 Å². The molecule has 4 heteroatoms. The molecule has 0 fully saturated rings. The molecule has 0 heterocycles. The van der Waals surface area contributed by atoms with E-state index in [9.17, 15) is 15.0 Å². The second-order valence-electron chi connectivity index (χ2n) is 10.1. The lowest BCUT2D eigenvalue weighted by atomic mass is 10.0. The summed E-state index contributed by atoms with van der Waals surface area (Å²) in [6.45, 7) is 4.09. The Bertz CT molecular complexity index is 717. The summed E-state index contributed by atoms with van der Waals surface area (Å²) in [5.41, 5.74) is 0. The minimum absolute atomic E-state index is 0.0707. The predicted octanol–water partition coefficient (Wildman–Crippen LogP) is 8.83. The predicted molar refractivity (Wildman–Crippen MR) is 170 cm³/mol. The molecule has 3 N–H and O–H groups in total. The van der Waals surface area contributed by atoms with Crippen molar-refractivity contribution in [3.8, 4) is 0 Å². The van der Waals surface area contributed by atoms with E-state index in [2.05, 4.69) is 92.1 Å². The summed E-state index contributed by atoms with van der Waals surface area (Å²) in [5.74, 6) is -0.0707. The maximum absolute atomic E-state index is 12.1. The van der Waals surface area contributed by atoms with Gasteiger partial charge in [-0.3, -0.25) is 4.79 Å². The molecule has 0 radical (unpaired) electrons. The van der Waals surface area contributed by atoms with E-state index in [0.717, 1.165) is 96.3 Å². The molecule has 0 bridgehead atoms. The van der Waals surface area contributed by atoms with Gasteiger partial charge in [-0.05, 0) is 64.2 Å². The first-order chi connectivity index (χ1) is 19.2. The van der Waals surface area contributed by atoms with Gasteiger partial charge in [0.05, 0.1) is 18.8 Å². The normalized spacial score (nSPS) is 14.3. The number of hydrogen-bond donors (Lipinski definition) is 3. The van der Waals surface area contributed by atoms with E-state index in [4.69, 9.17) is 0 Å². The Morgan fingerprint density at radius 1 is 0.641 bits per heavy atom. The van der Waals surface area contributed by atoms with Crippen molar-refractivity contribution >= 4 is 5.91 Å². The number of carbonyl (C=O) groups is 1. The molecule has 0 aliphatic carbocycles. The summed E-state index contributed by atoms with van der Waals surface area (Å²) in [7, 11) is 0. The number of allylic oxidation sites excluding steroid dienone is 12. The van der Waals surface area contributed by atoms with E-state index in [1.165, 1.54) is 0 Å². The summed E-state index contributed by atoms with van der Waals surface area (Å²) in [5, 5.41) is 22.5. The van der Waals surface area contributed by atoms with Crippen LogP contribution in [0.2, 0.25) is 0 Å². The van der Waals surface area contributed by atoms with Crippen molar-refractivity contribution in [2.75, 3.05) is 6.61 Å². The van der Waals surface area contributed by atoms with E-state index in [1.54, 1.807) is 0 Å². The molecule has 4 nitrogen and oxygen atoms in total. The van der Waals surface area contributed by atoms with Gasteiger partial charge < -0.3 is 15.5 Å². The van der Waals surface area contributed by atoms with Gasteiger partial charge in [-0.25, -0.2) is 0 Å². The van der Waals surface area contributed by atoms with Crippen LogP contribution in [0.4, 0.5) is 0 Å². The average Bonchev–Trinajstić information content (AvgIpc) is 2.94. The Morgan fingerprint density at radius 2 is 1.13 bits per heavy atom. The monoisotopic (exact) mass is 541 g/mol. The topological polar surface area (TPSA) is 69.6 Å². The van der Waals surface area contributed by atoms with Crippen molar-refractivity contribution in [3.05, 3.63) is 72.9 Å². The third kappa shape index (κ3) is 27.2. The summed E-state index contributed by atoms with van der Waals surface area (Å²) in [6, 6.07) is -0.549. The van der Waals surface area contributed by atoms with Crippen LogP contribution in [0.15, 0.2) is 72.9 Å². The molecule has 0 aromatic rings. The first-order valence-corrected chi connectivity index (χ1v) is 15.6. The molecule has 0 aromatic heterocycles. The molecule has 0 saturated carbocycles. The van der Waals surface area contributed by atoms with Crippen LogP contribution in [0.3, 0.4) is 0 Å². The van der Waals surface area contributed by atoms with E-state index in [1.807, 2.05) is 0 Å². The molecule has 0 saturated heterocycles. The SMILES string of the molecule is CC/C=C\C/C=C\C/C=C\C/C=C\C/C=C\C/C=C\CCCCCCC(=O)NC(CO)C(O)CCCCCC. The Morgan fingerprint density at radius 3 is 1.64 bits per heavy atom. The van der Waals surface area contributed by atoms with E-state index < -0.39 is 12.1 Å². The lowest BCUT2D eigenvalue weighted by Gasteiger charge is -2.22. The summed E-state index contributed by atoms with van der Waals surface area (Å²) in [6.07, 6.45) is 42.7. The zero-order valence-corrected chi connectivity index (χ0v) is 25.1. The van der Waals surface area contributed by atoms with Crippen LogP contribution < -0.4 is 5.32 Å². The van der Waals surface area contributed by atoms with Crippen LogP contribution in [0, 0.1) is 0 Å². The Hall–Kier alpha value is -2.17. The lowest BCUT2D eigenvalue weighted by molar-refractivity contribution is -0.123. The van der Waals surface area contributed by atoms with Crippen molar-refractivity contribution < 1.29 is 15.0 Å². The second kappa shape index (κ2) is 30.4. The molecule has 0 aliphatic heterocycles. The second-order valence-corrected chi connectivity index (χ2v) is 10.1. The Labute approximate surface area is 240 Å². The maximum Gasteiger partial charge on any atom is 0.220 e. The van der Waals surface area contributed by atoms with Crippen LogP contribution in [0.1, 0.15) is 123 Å². The molecule has 39 heavy (non-hydrogen) atoms. The van der Waals surface area contributed by atoms with Gasteiger partial charge in [-0.2, -0.15) is 0 Å². The zero-order chi connectivity index (χ0) is 28.7. The third-order valence-electron chi connectivity index (χ3n) is 6.48. The quantitative estimate of drug-likeness (QED) is 0.0757. The van der Waals surface area contributed by atoms with Crippen LogP contribution in [0.5, 0.6) is 0 Å². The van der Waals surface area contributed by atoms with Gasteiger partial charge in [0.25, 0.3) is 0 Å². The molecule has 1 amide bonds. The molecule has 0 aromatic carbocycles. The van der Waals surface area contributed by atoms with E-state index in [0.29, 0.717) is 12.8 Å². The Kier molecular flexibility index (Phi) is 28.7. The first-order valence-electron chi connectivity index (χ1n) is 15.6. The largest absolute Gasteiger partial charge is 0.394 e. The summed E-state index contributed by atoms with van der Waals surface area (Å²) >= 11 is 0. The van der Waals surface area contributed by atoms with E-state index >= 15 is 0 Å². The van der Waals surface area contributed by atoms with Crippen LogP contribution in [0.25, 0.3) is 0 Å². The van der Waals surface area contributed by atoms with Gasteiger partial charge in [-0.1, -0.05) is 125 Å². The fourth-order valence-corrected chi connectivity index (χ4v) is 4.06. The number of nitrogens with one attached hydrogen (secondary N) is 1. The van der Waals surface area contributed by atoms with Gasteiger partial charge in [0.15, 0.2) is 0 Å². The van der Waals surface area contributed by atoms with Crippen LogP contribution >= 0.6 is 0 Å². The highest BCUT2D eigenvalue weighted by molar-refractivity contribution is 5.76. The highest BCUT2D eigenvalue weighted by Crippen LogP contribution is 2.10. The zero-order valence-electron chi connectivity index (χ0n) is 25.1. The van der Waals surface area contributed by atoms with Gasteiger partial charge in [0.1, 0.15) is 0 Å². The van der Waals surface area contributed by atoms with Crippen molar-refractivity contribution in [2.24, 2.45) is 0 Å². The van der Waals surface area contributed by atoms with Crippen molar-refractivity contribution in [3.63, 3.8) is 0 Å². The van der Waals surface area contributed by atoms with Crippen LogP contribution in [-0.4, -0.2) is 34.9 Å². The lowest BCUT2D eigenvalue weighted by Crippen LogP contribution is -2.45. The molecule has 0 rings (SSSR count). The van der Waals surface area contributed by atoms with E-state index in [-0.39, 0.29) is 12.5 Å². The minimum atomic E-state index is -0.669. The molecule has 2 atom stereocenters. The van der Waals surface area contributed by atoms with Gasteiger partial charge >= 0.3 is 0 Å². The average molecular weight is 542 g/mol. The number of rotatable bonds is 26. The number of aliphatic hydroxyl groups is 2. The van der Waals surface area contributed by atoms with Crippen molar-refractivity contribution in [1.29, 1.82) is 0 Å². The number of amides is 1. The minimum Gasteiger partial charge on any atom is -0.394 e. The molecular weight excluding hydrogens is 482 g/mol. The fraction of sp³-hybridized carbons (Fsp3) is 0.629. The number of aliphatic hydroxyl groups excluding tert-OH is 2. The number of unbranched alkanes of at least 4 members (excludes halogenated alkanes) is 7.